The molecule has 0 heterocycles. The maximum Gasteiger partial charge on any atom is 2.00 e. The summed E-state index contributed by atoms with van der Waals surface area (Å²) in [6.07, 6.45) is 0. The first-order valence-electron chi connectivity index (χ1n) is 1.67. The van der Waals surface area contributed by atoms with Crippen LogP contribution in [-0.4, -0.2) is 64.6 Å². The van der Waals surface area contributed by atoms with E-state index in [1.807, 2.05) is 0 Å². The molecule has 0 unspecified atom stereocenters. The first kappa shape index (κ1) is 29.8. The fraction of sp³-hybridized carbons (Fsp3) is 0.500. The standard InChI is InChI=1S/C2H5O5P.Ba.3Na.5H/c1-2(3)7-8(4,5)6;;;;;;;;;/h1H3,(H2,4,5,6);;;;;;;;;/q;+2;3*+1;5*-1. The van der Waals surface area contributed by atoms with Gasteiger partial charge in [0, 0.05) is 6.92 Å². The molecule has 0 aliphatic carbocycles. The van der Waals surface area contributed by atoms with E-state index in [9.17, 15) is 9.36 Å². The summed E-state index contributed by atoms with van der Waals surface area (Å²) >= 11 is 0. The van der Waals surface area contributed by atoms with E-state index < -0.39 is 13.8 Å². The SMILES string of the molecule is CC(=O)OP(=O)(O)O.[Ba+2].[H-].[H-].[H-].[H-].[H-].[Na+].[Na+].[Na+]. The number of hydrogen-bond acceptors (Lipinski definition) is 3. The van der Waals surface area contributed by atoms with Crippen LogP contribution in [0.1, 0.15) is 14.1 Å². The van der Waals surface area contributed by atoms with Gasteiger partial charge in [0.1, 0.15) is 0 Å². The first-order chi connectivity index (χ1) is 3.42. The Morgan fingerprint density at radius 3 is 1.58 bits per heavy atom. The van der Waals surface area contributed by atoms with Gasteiger partial charge in [-0.3, -0.25) is 14.6 Å². The third-order valence-corrected chi connectivity index (χ3v) is 0.742. The Balaban J connectivity index is -0.00000000681. The minimum absolute atomic E-state index is 0. The zero-order valence-corrected chi connectivity index (χ0v) is 19.1. The molecule has 2 N–H and O–H groups in total. The monoisotopic (exact) mass is 352 g/mol. The number of phosphoric ester groups is 1. The van der Waals surface area contributed by atoms with Crippen LogP contribution in [0, 0.1) is 0 Å². The van der Waals surface area contributed by atoms with Crippen LogP contribution >= 0.6 is 7.82 Å². The van der Waals surface area contributed by atoms with Crippen LogP contribution in [0.25, 0.3) is 0 Å². The van der Waals surface area contributed by atoms with Crippen molar-refractivity contribution in [2.75, 3.05) is 0 Å². The van der Waals surface area contributed by atoms with Gasteiger partial charge in [0.15, 0.2) is 0 Å². The zero-order valence-electron chi connectivity index (χ0n) is 12.8. The maximum absolute atomic E-state index is 9.74. The van der Waals surface area contributed by atoms with Crippen molar-refractivity contribution in [2.45, 2.75) is 6.92 Å². The molecule has 0 aromatic heterocycles. The van der Waals surface area contributed by atoms with Crippen molar-refractivity contribution in [3.05, 3.63) is 0 Å². The number of rotatable bonds is 1. The minimum Gasteiger partial charge on any atom is -1.00 e. The molecule has 0 aliphatic heterocycles. The van der Waals surface area contributed by atoms with Crippen LogP contribution in [0.5, 0.6) is 0 Å². The van der Waals surface area contributed by atoms with E-state index in [1.54, 1.807) is 0 Å². The summed E-state index contributed by atoms with van der Waals surface area (Å²) < 4.78 is 13.2. The Bertz CT molecular complexity index is 162. The van der Waals surface area contributed by atoms with Gasteiger partial charge in [-0.05, 0) is 0 Å². The Morgan fingerprint density at radius 1 is 1.33 bits per heavy atom. The van der Waals surface area contributed by atoms with E-state index in [0.29, 0.717) is 0 Å². The Hall–Kier alpha value is 4.19. The van der Waals surface area contributed by atoms with Crippen molar-refractivity contribution in [1.82, 2.24) is 0 Å². The van der Waals surface area contributed by atoms with Crippen molar-refractivity contribution < 1.29 is 119 Å². The smallest absolute Gasteiger partial charge is 1.00 e. The van der Waals surface area contributed by atoms with E-state index in [4.69, 9.17) is 9.79 Å². The second-order valence-electron chi connectivity index (χ2n) is 1.07. The minimum atomic E-state index is -4.57. The van der Waals surface area contributed by atoms with E-state index in [0.717, 1.165) is 6.92 Å². The summed E-state index contributed by atoms with van der Waals surface area (Å²) in [5.74, 6) is -0.988. The van der Waals surface area contributed by atoms with Crippen molar-refractivity contribution in [1.29, 1.82) is 0 Å². The Kier molecular flexibility index (Phi) is 37.8. The second kappa shape index (κ2) is 15.2. The Morgan fingerprint density at radius 2 is 1.58 bits per heavy atom. The van der Waals surface area contributed by atoms with Crippen molar-refractivity contribution in [3.8, 4) is 0 Å². The fourth-order valence-corrected chi connectivity index (χ4v) is 0.502. The molecule has 0 saturated heterocycles. The van der Waals surface area contributed by atoms with Crippen LogP contribution in [0.4, 0.5) is 0 Å². The van der Waals surface area contributed by atoms with Crippen LogP contribution in [-0.2, 0) is 13.9 Å². The van der Waals surface area contributed by atoms with Gasteiger partial charge in [-0.2, -0.15) is 0 Å². The Labute approximate surface area is 185 Å². The summed E-state index contributed by atoms with van der Waals surface area (Å²) in [5, 5.41) is 0. The van der Waals surface area contributed by atoms with E-state index in [2.05, 4.69) is 4.52 Å². The van der Waals surface area contributed by atoms with Gasteiger partial charge in [-0.25, -0.2) is 4.57 Å². The van der Waals surface area contributed by atoms with Crippen molar-refractivity contribution in [2.24, 2.45) is 0 Å². The topological polar surface area (TPSA) is 83.8 Å². The first-order valence-corrected chi connectivity index (χ1v) is 3.20. The summed E-state index contributed by atoms with van der Waals surface area (Å²) in [7, 11) is -4.57. The number of carbonyl (C=O) groups excluding carboxylic acids is 1. The number of phosphoric acid groups is 1. The predicted molar refractivity (Wildman–Crippen MR) is 35.1 cm³/mol. The van der Waals surface area contributed by atoms with E-state index in [-0.39, 0.29) is 145 Å². The average Bonchev–Trinajstić information content (AvgIpc) is 1.21. The van der Waals surface area contributed by atoms with E-state index in [1.165, 1.54) is 0 Å². The molecule has 58 valence electrons. The molecule has 5 nitrogen and oxygen atoms in total. The maximum atomic E-state index is 9.74. The molecule has 0 aromatic carbocycles. The molecule has 12 heavy (non-hydrogen) atoms. The molecular weight excluding hydrogens is 341 g/mol. The summed E-state index contributed by atoms with van der Waals surface area (Å²) in [6, 6.07) is 0. The summed E-state index contributed by atoms with van der Waals surface area (Å²) in [6.45, 7) is 0.916. The molecular formula is C2H10BaNa3O5P. The van der Waals surface area contributed by atoms with Gasteiger partial charge < -0.3 is 11.7 Å². The van der Waals surface area contributed by atoms with Crippen LogP contribution in [0.3, 0.4) is 0 Å². The predicted octanol–water partition coefficient (Wildman–Crippen LogP) is -9.16. The third kappa shape index (κ3) is 29.2. The molecule has 0 saturated carbocycles. The molecule has 0 aromatic rings. The van der Waals surface area contributed by atoms with Gasteiger partial charge in [0.25, 0.3) is 0 Å². The second-order valence-corrected chi connectivity index (χ2v) is 2.24. The van der Waals surface area contributed by atoms with E-state index >= 15 is 0 Å². The largest absolute Gasteiger partial charge is 2.00 e. The molecule has 0 rings (SSSR count). The van der Waals surface area contributed by atoms with Gasteiger partial charge in [-0.15, -0.1) is 0 Å². The zero-order chi connectivity index (χ0) is 6.78. The molecule has 0 spiro atoms. The molecule has 0 bridgehead atoms. The van der Waals surface area contributed by atoms with Crippen LogP contribution in [0.2, 0.25) is 0 Å². The summed E-state index contributed by atoms with van der Waals surface area (Å²) in [4.78, 5) is 25.5. The van der Waals surface area contributed by atoms with Crippen molar-refractivity contribution in [3.63, 3.8) is 0 Å². The average molecular weight is 351 g/mol. The van der Waals surface area contributed by atoms with Gasteiger partial charge in [-0.1, -0.05) is 0 Å². The molecule has 0 atom stereocenters. The van der Waals surface area contributed by atoms with Gasteiger partial charge >= 0.3 is 151 Å². The van der Waals surface area contributed by atoms with Crippen LogP contribution < -0.4 is 88.7 Å². The van der Waals surface area contributed by atoms with Gasteiger partial charge in [0.2, 0.25) is 0 Å². The quantitative estimate of drug-likeness (QED) is 0.362. The molecule has 0 amide bonds. The fourth-order valence-electron chi connectivity index (χ4n) is 0.167. The normalized spacial score (nSPS) is 7.25. The molecule has 0 fully saturated rings. The van der Waals surface area contributed by atoms with Crippen molar-refractivity contribution >= 4 is 62.7 Å². The van der Waals surface area contributed by atoms with Crippen LogP contribution in [0.15, 0.2) is 0 Å². The summed E-state index contributed by atoms with van der Waals surface area (Å²) in [5.41, 5.74) is 0. The number of hydrogen-bond donors (Lipinski definition) is 2. The number of carbonyl (C=O) groups is 1. The molecule has 0 aliphatic rings. The molecule has 10 heteroatoms. The third-order valence-electron chi connectivity index (χ3n) is 0.247. The molecule has 0 radical (unpaired) electrons. The van der Waals surface area contributed by atoms with Gasteiger partial charge in [0.05, 0.1) is 0 Å².